The van der Waals surface area contributed by atoms with Crippen LogP contribution in [0.1, 0.15) is 52.4 Å². The number of unbranched alkanes of at least 4 members (excludes halogenated alkanes) is 1. The topological polar surface area (TPSA) is 52.6 Å². The number of hydrogen-bond acceptors (Lipinski definition) is 3. The third kappa shape index (κ3) is 3.73. The highest BCUT2D eigenvalue weighted by Gasteiger charge is 2.36. The van der Waals surface area contributed by atoms with E-state index in [4.69, 9.17) is 0 Å². The fraction of sp³-hybridized carbons (Fsp3) is 0.938. The molecule has 3 atom stereocenters. The molecule has 4 nitrogen and oxygen atoms in total. The van der Waals surface area contributed by atoms with E-state index in [-0.39, 0.29) is 0 Å². The summed E-state index contributed by atoms with van der Waals surface area (Å²) < 4.78 is 0. The Morgan fingerprint density at radius 1 is 1.30 bits per heavy atom. The highest BCUT2D eigenvalue weighted by Crippen LogP contribution is 2.37. The fourth-order valence-electron chi connectivity index (χ4n) is 3.99. The standard InChI is InChI=1S/C16H30N2O2/c1-3-17-16(2,15(19)20)9-4-5-10-18-11-13-7-6-8-14(13)12-18/h13-14,17H,3-12H2,1-2H3,(H,19,20). The van der Waals surface area contributed by atoms with Crippen molar-refractivity contribution >= 4 is 5.97 Å². The Balaban J connectivity index is 1.65. The number of rotatable bonds is 8. The number of fused-ring (bicyclic) bond motifs is 1. The third-order valence-corrected chi connectivity index (χ3v) is 5.24. The lowest BCUT2D eigenvalue weighted by atomic mass is 9.95. The van der Waals surface area contributed by atoms with Crippen molar-refractivity contribution < 1.29 is 9.90 Å². The first-order valence-corrected chi connectivity index (χ1v) is 8.26. The van der Waals surface area contributed by atoms with E-state index in [9.17, 15) is 9.90 Å². The van der Waals surface area contributed by atoms with Gasteiger partial charge in [0.2, 0.25) is 0 Å². The van der Waals surface area contributed by atoms with Gasteiger partial charge in [-0.15, -0.1) is 0 Å². The quantitative estimate of drug-likeness (QED) is 0.671. The molecule has 0 spiro atoms. The van der Waals surface area contributed by atoms with E-state index in [1.54, 1.807) is 6.92 Å². The molecule has 3 unspecified atom stereocenters. The van der Waals surface area contributed by atoms with Crippen LogP contribution in [0.15, 0.2) is 0 Å². The van der Waals surface area contributed by atoms with Crippen LogP contribution in [0.3, 0.4) is 0 Å². The summed E-state index contributed by atoms with van der Waals surface area (Å²) >= 11 is 0. The van der Waals surface area contributed by atoms with Gasteiger partial charge in [0, 0.05) is 13.1 Å². The van der Waals surface area contributed by atoms with E-state index in [0.717, 1.165) is 37.6 Å². The van der Waals surface area contributed by atoms with E-state index in [1.165, 1.54) is 32.4 Å². The SMILES string of the molecule is CCNC(C)(CCCCN1CC2CCCC2C1)C(=O)O. The zero-order chi connectivity index (χ0) is 14.6. The lowest BCUT2D eigenvalue weighted by Gasteiger charge is -2.26. The van der Waals surface area contributed by atoms with Gasteiger partial charge in [-0.25, -0.2) is 0 Å². The highest BCUT2D eigenvalue weighted by molar-refractivity contribution is 5.78. The van der Waals surface area contributed by atoms with Gasteiger partial charge < -0.3 is 15.3 Å². The molecule has 0 bridgehead atoms. The van der Waals surface area contributed by atoms with E-state index < -0.39 is 11.5 Å². The predicted molar refractivity (Wildman–Crippen MR) is 80.8 cm³/mol. The number of aliphatic carboxylic acids is 1. The Morgan fingerprint density at radius 3 is 2.50 bits per heavy atom. The summed E-state index contributed by atoms with van der Waals surface area (Å²) in [5.41, 5.74) is -0.754. The van der Waals surface area contributed by atoms with E-state index in [2.05, 4.69) is 10.2 Å². The van der Waals surface area contributed by atoms with Crippen LogP contribution in [0.2, 0.25) is 0 Å². The zero-order valence-electron chi connectivity index (χ0n) is 13.0. The van der Waals surface area contributed by atoms with Gasteiger partial charge in [-0.3, -0.25) is 4.79 Å². The Bertz CT molecular complexity index is 322. The van der Waals surface area contributed by atoms with Crippen molar-refractivity contribution in [3.8, 4) is 0 Å². The first-order valence-electron chi connectivity index (χ1n) is 8.26. The first-order chi connectivity index (χ1) is 9.55. The maximum absolute atomic E-state index is 11.3. The molecule has 0 amide bonds. The molecule has 1 aliphatic carbocycles. The van der Waals surface area contributed by atoms with Crippen LogP contribution < -0.4 is 5.32 Å². The smallest absolute Gasteiger partial charge is 0.323 e. The lowest BCUT2D eigenvalue weighted by Crippen LogP contribution is -2.49. The minimum Gasteiger partial charge on any atom is -0.480 e. The summed E-state index contributed by atoms with van der Waals surface area (Å²) in [7, 11) is 0. The largest absolute Gasteiger partial charge is 0.480 e. The summed E-state index contributed by atoms with van der Waals surface area (Å²) in [5, 5.41) is 12.4. The molecule has 1 aliphatic heterocycles. The third-order valence-electron chi connectivity index (χ3n) is 5.24. The monoisotopic (exact) mass is 282 g/mol. The molecule has 0 aromatic carbocycles. The van der Waals surface area contributed by atoms with Crippen molar-refractivity contribution in [2.24, 2.45) is 11.8 Å². The molecule has 1 saturated carbocycles. The fourth-order valence-corrected chi connectivity index (χ4v) is 3.99. The molecule has 2 aliphatic rings. The van der Waals surface area contributed by atoms with Crippen molar-refractivity contribution in [2.45, 2.75) is 57.9 Å². The van der Waals surface area contributed by atoms with Crippen LogP contribution >= 0.6 is 0 Å². The summed E-state index contributed by atoms with van der Waals surface area (Å²) in [6, 6.07) is 0. The molecular formula is C16H30N2O2. The summed E-state index contributed by atoms with van der Waals surface area (Å²) in [4.78, 5) is 13.9. The van der Waals surface area contributed by atoms with E-state index in [0.29, 0.717) is 6.54 Å². The molecule has 2 rings (SSSR count). The van der Waals surface area contributed by atoms with Crippen molar-refractivity contribution in [3.63, 3.8) is 0 Å². The van der Waals surface area contributed by atoms with E-state index in [1.807, 2.05) is 6.92 Å². The van der Waals surface area contributed by atoms with Crippen LogP contribution in [0.5, 0.6) is 0 Å². The van der Waals surface area contributed by atoms with Gasteiger partial charge in [0.15, 0.2) is 0 Å². The maximum atomic E-state index is 11.3. The van der Waals surface area contributed by atoms with Gasteiger partial charge in [0.25, 0.3) is 0 Å². The predicted octanol–water partition coefficient (Wildman–Crippen LogP) is 2.34. The molecule has 20 heavy (non-hydrogen) atoms. The van der Waals surface area contributed by atoms with Crippen LogP contribution in [-0.2, 0) is 4.79 Å². The Kier molecular flexibility index (Phi) is 5.44. The molecule has 0 aromatic rings. The highest BCUT2D eigenvalue weighted by atomic mass is 16.4. The molecule has 4 heteroatoms. The number of nitrogens with zero attached hydrogens (tertiary/aromatic N) is 1. The molecule has 1 heterocycles. The van der Waals surface area contributed by atoms with Crippen molar-refractivity contribution in [3.05, 3.63) is 0 Å². The van der Waals surface area contributed by atoms with Gasteiger partial charge >= 0.3 is 5.97 Å². The number of nitrogens with one attached hydrogen (secondary N) is 1. The number of likely N-dealkylation sites (N-methyl/N-ethyl adjacent to an activating group) is 1. The van der Waals surface area contributed by atoms with Crippen molar-refractivity contribution in [1.29, 1.82) is 0 Å². The first kappa shape index (κ1) is 15.8. The molecule has 2 fully saturated rings. The zero-order valence-corrected chi connectivity index (χ0v) is 13.0. The van der Waals surface area contributed by atoms with E-state index >= 15 is 0 Å². The van der Waals surface area contributed by atoms with Crippen molar-refractivity contribution in [1.82, 2.24) is 10.2 Å². The van der Waals surface area contributed by atoms with Crippen LogP contribution in [-0.4, -0.2) is 47.7 Å². The number of carbonyl (C=O) groups is 1. The minimum atomic E-state index is -0.754. The number of carboxylic acid groups (broad SMARTS) is 1. The second kappa shape index (κ2) is 6.90. The average Bonchev–Trinajstić information content (AvgIpc) is 2.95. The van der Waals surface area contributed by atoms with Gasteiger partial charge in [-0.05, 0) is 64.0 Å². The van der Waals surface area contributed by atoms with Gasteiger partial charge in [-0.2, -0.15) is 0 Å². The Hall–Kier alpha value is -0.610. The normalized spacial score (nSPS) is 29.3. The molecule has 2 N–H and O–H groups in total. The second-order valence-corrected chi connectivity index (χ2v) is 6.84. The maximum Gasteiger partial charge on any atom is 0.323 e. The van der Waals surface area contributed by atoms with Gasteiger partial charge in [-0.1, -0.05) is 13.3 Å². The summed E-state index contributed by atoms with van der Waals surface area (Å²) in [6.45, 7) is 8.19. The summed E-state index contributed by atoms with van der Waals surface area (Å²) in [5.74, 6) is 1.19. The number of carboxylic acids is 1. The minimum absolute atomic E-state index is 0.707. The lowest BCUT2D eigenvalue weighted by molar-refractivity contribution is -0.144. The molecule has 116 valence electrons. The number of likely N-dealkylation sites (tertiary alicyclic amines) is 1. The summed E-state index contributed by atoms with van der Waals surface area (Å²) in [6.07, 6.45) is 7.12. The Labute approximate surface area is 122 Å². The van der Waals surface area contributed by atoms with Gasteiger partial charge in [0.1, 0.15) is 5.54 Å². The second-order valence-electron chi connectivity index (χ2n) is 6.84. The van der Waals surface area contributed by atoms with Crippen LogP contribution in [0.25, 0.3) is 0 Å². The number of hydrogen-bond donors (Lipinski definition) is 2. The molecule has 0 radical (unpaired) electrons. The van der Waals surface area contributed by atoms with Crippen LogP contribution in [0, 0.1) is 11.8 Å². The molecule has 0 aromatic heterocycles. The molecular weight excluding hydrogens is 252 g/mol. The molecule has 1 saturated heterocycles. The Morgan fingerprint density at radius 2 is 1.95 bits per heavy atom. The van der Waals surface area contributed by atoms with Gasteiger partial charge in [0.05, 0.1) is 0 Å². The average molecular weight is 282 g/mol. The van der Waals surface area contributed by atoms with Crippen LogP contribution in [0.4, 0.5) is 0 Å². The van der Waals surface area contributed by atoms with Crippen molar-refractivity contribution in [2.75, 3.05) is 26.2 Å².